The van der Waals surface area contributed by atoms with Crippen LogP contribution in [0.15, 0.2) is 73.8 Å². The van der Waals surface area contributed by atoms with Gasteiger partial charge in [0.15, 0.2) is 5.16 Å². The number of carbonyl (C=O) groups is 1. The number of carbonyl (C=O) groups excluding carboxylic acids is 1. The number of anilines is 1. The second-order valence-electron chi connectivity index (χ2n) is 7.40. The van der Waals surface area contributed by atoms with E-state index in [9.17, 15) is 9.90 Å². The predicted octanol–water partition coefficient (Wildman–Crippen LogP) is 5.15. The van der Waals surface area contributed by atoms with Crippen molar-refractivity contribution in [1.82, 2.24) is 24.5 Å². The molecule has 0 aliphatic carbocycles. The fourth-order valence-electron chi connectivity index (χ4n) is 2.86. The first kappa shape index (κ1) is 25.9. The average Bonchev–Trinajstić information content (AvgIpc) is 3.45. The molecule has 3 aromatic rings. The Bertz CT molecular complexity index is 1190. The first-order chi connectivity index (χ1) is 16.4. The van der Waals surface area contributed by atoms with Crippen molar-refractivity contribution in [3.8, 4) is 0 Å². The van der Waals surface area contributed by atoms with Crippen molar-refractivity contribution in [2.45, 2.75) is 44.2 Å². The summed E-state index contributed by atoms with van der Waals surface area (Å²) in [5.41, 5.74) is 2.51. The molecular weight excluding hydrogens is 488 g/mol. The number of aliphatic hydroxyl groups is 1. The van der Waals surface area contributed by atoms with Gasteiger partial charge in [0.1, 0.15) is 12.2 Å². The van der Waals surface area contributed by atoms with Crippen LogP contribution in [0.3, 0.4) is 0 Å². The highest BCUT2D eigenvalue weighted by Gasteiger charge is 2.19. The maximum atomic E-state index is 13.3. The second kappa shape index (κ2) is 12.7. The maximum Gasteiger partial charge on any atom is 0.258 e. The van der Waals surface area contributed by atoms with Gasteiger partial charge in [-0.2, -0.15) is 9.47 Å². The molecule has 0 saturated carbocycles. The SMILES string of the molecule is CC(C)=C(C(=O)Nc1nc(C)ns1)/C(=C\C=C(/C)Sc1ncn[nH]1)Sc1ccc(CCO)cc1. The van der Waals surface area contributed by atoms with Crippen LogP contribution in [-0.4, -0.2) is 42.2 Å². The summed E-state index contributed by atoms with van der Waals surface area (Å²) in [7, 11) is 0. The first-order valence-corrected chi connectivity index (χ1v) is 12.8. The van der Waals surface area contributed by atoms with Crippen molar-refractivity contribution >= 4 is 46.1 Å². The van der Waals surface area contributed by atoms with E-state index in [1.165, 1.54) is 29.9 Å². The standard InChI is InChI=1S/C23H26N6O2S3/c1-14(2)20(21(31)27-23-26-16(4)29-34-23)19(10-5-15(3)32-22-24-13-25-28-22)33-18-8-6-17(7-9-18)11-12-30/h5-10,13,30H,11-12H2,1-4H3,(H,24,25,28)(H,26,27,29,31)/b15-5+,19-10+. The lowest BCUT2D eigenvalue weighted by atomic mass is 10.1. The summed E-state index contributed by atoms with van der Waals surface area (Å²) in [5, 5.41) is 19.9. The van der Waals surface area contributed by atoms with Crippen LogP contribution in [0.5, 0.6) is 0 Å². The van der Waals surface area contributed by atoms with Gasteiger partial charge in [-0.3, -0.25) is 15.2 Å². The van der Waals surface area contributed by atoms with Gasteiger partial charge in [-0.05, 0) is 62.8 Å². The van der Waals surface area contributed by atoms with Crippen molar-refractivity contribution in [3.05, 3.63) is 75.1 Å². The lowest BCUT2D eigenvalue weighted by Crippen LogP contribution is -2.16. The average molecular weight is 515 g/mol. The lowest BCUT2D eigenvalue weighted by molar-refractivity contribution is -0.112. The number of aromatic nitrogens is 5. The maximum absolute atomic E-state index is 13.3. The summed E-state index contributed by atoms with van der Waals surface area (Å²) in [6.07, 6.45) is 5.98. The Labute approximate surface area is 211 Å². The molecule has 0 bridgehead atoms. The Morgan fingerprint density at radius 2 is 1.94 bits per heavy atom. The van der Waals surface area contributed by atoms with Gasteiger partial charge in [0, 0.05) is 27.9 Å². The first-order valence-electron chi connectivity index (χ1n) is 10.4. The number of hydrogen-bond acceptors (Lipinski definition) is 9. The van der Waals surface area contributed by atoms with E-state index < -0.39 is 0 Å². The molecule has 0 fully saturated rings. The largest absolute Gasteiger partial charge is 0.396 e. The van der Waals surface area contributed by atoms with Crippen LogP contribution in [0.1, 0.15) is 32.2 Å². The number of thioether (sulfide) groups is 2. The summed E-state index contributed by atoms with van der Waals surface area (Å²) in [5.74, 6) is 0.385. The molecule has 2 heterocycles. The third-order valence-electron chi connectivity index (χ3n) is 4.39. The molecule has 3 N–H and O–H groups in total. The molecule has 0 unspecified atom stereocenters. The van der Waals surface area contributed by atoms with Crippen molar-refractivity contribution in [2.24, 2.45) is 0 Å². The molecule has 8 nitrogen and oxygen atoms in total. The Kier molecular flexibility index (Phi) is 9.63. The van der Waals surface area contributed by atoms with Crippen LogP contribution in [0, 0.1) is 6.92 Å². The monoisotopic (exact) mass is 514 g/mol. The summed E-state index contributed by atoms with van der Waals surface area (Å²) < 4.78 is 4.14. The van der Waals surface area contributed by atoms with E-state index in [4.69, 9.17) is 0 Å². The van der Waals surface area contributed by atoms with Crippen molar-refractivity contribution in [3.63, 3.8) is 0 Å². The Morgan fingerprint density at radius 3 is 2.53 bits per heavy atom. The zero-order valence-electron chi connectivity index (χ0n) is 19.3. The molecule has 11 heteroatoms. The van der Waals surface area contributed by atoms with Gasteiger partial charge in [0.05, 0.1) is 5.57 Å². The van der Waals surface area contributed by atoms with E-state index in [0.29, 0.717) is 28.1 Å². The van der Waals surface area contributed by atoms with Crippen molar-refractivity contribution in [1.29, 1.82) is 0 Å². The third-order valence-corrected chi connectivity index (χ3v) is 7.03. The molecule has 34 heavy (non-hydrogen) atoms. The molecule has 0 radical (unpaired) electrons. The second-order valence-corrected chi connectivity index (χ2v) is 10.5. The number of aryl methyl sites for hydroxylation is 1. The van der Waals surface area contributed by atoms with E-state index in [1.807, 2.05) is 57.2 Å². The zero-order valence-corrected chi connectivity index (χ0v) is 21.8. The number of rotatable bonds is 10. The molecule has 0 aliphatic rings. The number of hydrogen-bond donors (Lipinski definition) is 3. The van der Waals surface area contributed by atoms with Gasteiger partial charge >= 0.3 is 0 Å². The van der Waals surface area contributed by atoms with Gasteiger partial charge < -0.3 is 5.11 Å². The molecular formula is C23H26N6O2S3. The summed E-state index contributed by atoms with van der Waals surface area (Å²) >= 11 is 4.12. The molecule has 0 saturated heterocycles. The smallest absolute Gasteiger partial charge is 0.258 e. The van der Waals surface area contributed by atoms with Crippen molar-refractivity contribution in [2.75, 3.05) is 11.9 Å². The quantitative estimate of drug-likeness (QED) is 0.193. The molecule has 178 valence electrons. The molecule has 0 aliphatic heterocycles. The number of nitrogens with zero attached hydrogens (tertiary/aromatic N) is 4. The Hall–Kier alpha value is -2.73. The predicted molar refractivity (Wildman–Crippen MR) is 139 cm³/mol. The number of amides is 1. The Balaban J connectivity index is 1.92. The van der Waals surface area contributed by atoms with Crippen LogP contribution in [0.25, 0.3) is 0 Å². The topological polar surface area (TPSA) is 117 Å². The fourth-order valence-corrected chi connectivity index (χ4v) is 5.14. The molecule has 1 aromatic carbocycles. The van der Waals surface area contributed by atoms with Crippen LogP contribution >= 0.6 is 35.1 Å². The third kappa shape index (κ3) is 7.66. The summed E-state index contributed by atoms with van der Waals surface area (Å²) in [6, 6.07) is 7.97. The molecule has 1 amide bonds. The van der Waals surface area contributed by atoms with E-state index >= 15 is 0 Å². The minimum Gasteiger partial charge on any atom is -0.396 e. The number of nitrogens with one attached hydrogen (secondary N) is 2. The number of aromatic amines is 1. The van der Waals surface area contributed by atoms with Crippen molar-refractivity contribution < 1.29 is 9.90 Å². The minimum atomic E-state index is -0.235. The number of benzene rings is 1. The number of aliphatic hydroxyl groups excluding tert-OH is 1. The van der Waals surface area contributed by atoms with E-state index in [-0.39, 0.29) is 12.5 Å². The summed E-state index contributed by atoms with van der Waals surface area (Å²) in [4.78, 5) is 24.4. The van der Waals surface area contributed by atoms with Gasteiger partial charge in [0.25, 0.3) is 5.91 Å². The summed E-state index contributed by atoms with van der Waals surface area (Å²) in [6.45, 7) is 7.70. The van der Waals surface area contributed by atoms with E-state index in [0.717, 1.165) is 37.4 Å². The minimum absolute atomic E-state index is 0.109. The highest BCUT2D eigenvalue weighted by molar-refractivity contribution is 8.03. The number of allylic oxidation sites excluding steroid dienone is 4. The van der Waals surface area contributed by atoms with Gasteiger partial charge in [-0.15, -0.1) is 0 Å². The van der Waals surface area contributed by atoms with E-state index in [2.05, 4.69) is 29.9 Å². The van der Waals surface area contributed by atoms with Crippen LogP contribution in [0.2, 0.25) is 0 Å². The van der Waals surface area contributed by atoms with Gasteiger partial charge in [-0.25, -0.2) is 9.97 Å². The van der Waals surface area contributed by atoms with Crippen LogP contribution < -0.4 is 5.32 Å². The molecule has 0 atom stereocenters. The zero-order chi connectivity index (χ0) is 24.5. The highest BCUT2D eigenvalue weighted by atomic mass is 32.2. The molecule has 2 aromatic heterocycles. The van der Waals surface area contributed by atoms with Gasteiger partial charge in [0.2, 0.25) is 5.13 Å². The fraction of sp³-hybridized carbons (Fsp3) is 0.261. The molecule has 0 spiro atoms. The highest BCUT2D eigenvalue weighted by Crippen LogP contribution is 2.35. The van der Waals surface area contributed by atoms with Gasteiger partial charge in [-0.1, -0.05) is 47.3 Å². The molecule has 3 rings (SSSR count). The van der Waals surface area contributed by atoms with E-state index in [1.54, 1.807) is 6.92 Å². The normalized spacial score (nSPS) is 12.0. The van der Waals surface area contributed by atoms with Crippen LogP contribution in [0.4, 0.5) is 5.13 Å². The van der Waals surface area contributed by atoms with Crippen LogP contribution in [-0.2, 0) is 11.2 Å². The lowest BCUT2D eigenvalue weighted by Gasteiger charge is -2.14. The number of H-pyrrole nitrogens is 1. The Morgan fingerprint density at radius 1 is 1.18 bits per heavy atom.